The normalized spacial score (nSPS) is 13.9. The number of ether oxygens (including phenoxy) is 1. The van der Waals surface area contributed by atoms with Gasteiger partial charge < -0.3 is 19.9 Å². The minimum Gasteiger partial charge on any atom is -0.493 e. The van der Waals surface area contributed by atoms with Gasteiger partial charge in [0.1, 0.15) is 12.1 Å². The number of benzene rings is 1. The Labute approximate surface area is 171 Å². The van der Waals surface area contributed by atoms with Crippen molar-refractivity contribution < 1.29 is 4.74 Å². The van der Waals surface area contributed by atoms with Gasteiger partial charge in [0.15, 0.2) is 11.8 Å². The van der Waals surface area contributed by atoms with E-state index in [0.29, 0.717) is 13.1 Å². The fourth-order valence-electron chi connectivity index (χ4n) is 2.46. The molecule has 142 valence electrons. The molecular formula is C18H27IN6O. The number of aromatic nitrogens is 3. The lowest BCUT2D eigenvalue weighted by Gasteiger charge is -2.15. The van der Waals surface area contributed by atoms with Gasteiger partial charge >= 0.3 is 0 Å². The second-order valence-corrected chi connectivity index (χ2v) is 6.50. The van der Waals surface area contributed by atoms with E-state index < -0.39 is 0 Å². The summed E-state index contributed by atoms with van der Waals surface area (Å²) in [6, 6.07) is 6.33. The largest absolute Gasteiger partial charge is 0.493 e. The van der Waals surface area contributed by atoms with Gasteiger partial charge in [-0.15, -0.1) is 34.2 Å². The van der Waals surface area contributed by atoms with Crippen LogP contribution in [-0.4, -0.2) is 34.4 Å². The van der Waals surface area contributed by atoms with Gasteiger partial charge in [0.05, 0.1) is 13.2 Å². The van der Waals surface area contributed by atoms with Gasteiger partial charge in [0.25, 0.3) is 0 Å². The smallest absolute Gasteiger partial charge is 0.191 e. The molecule has 0 bridgehead atoms. The molecule has 2 N–H and O–H groups in total. The van der Waals surface area contributed by atoms with Crippen molar-refractivity contribution in [2.45, 2.75) is 32.9 Å². The Kier molecular flexibility index (Phi) is 7.67. The molecule has 0 radical (unpaired) electrons. The van der Waals surface area contributed by atoms with Gasteiger partial charge in [-0.3, -0.25) is 4.99 Å². The highest BCUT2D eigenvalue weighted by Crippen LogP contribution is 2.30. The van der Waals surface area contributed by atoms with E-state index in [-0.39, 0.29) is 24.0 Å². The summed E-state index contributed by atoms with van der Waals surface area (Å²) < 4.78 is 7.90. The van der Waals surface area contributed by atoms with Gasteiger partial charge in [0.2, 0.25) is 0 Å². The number of hydrogen-bond acceptors (Lipinski definition) is 4. The van der Waals surface area contributed by atoms with Crippen LogP contribution in [0.3, 0.4) is 0 Å². The predicted octanol–water partition coefficient (Wildman–Crippen LogP) is 2.40. The van der Waals surface area contributed by atoms with Crippen LogP contribution in [0, 0.1) is 12.8 Å². The average Bonchev–Trinajstić information content (AvgIpc) is 3.35. The Morgan fingerprint density at radius 1 is 1.31 bits per heavy atom. The lowest BCUT2D eigenvalue weighted by Crippen LogP contribution is -2.37. The van der Waals surface area contributed by atoms with E-state index in [2.05, 4.69) is 50.9 Å². The van der Waals surface area contributed by atoms with Crippen molar-refractivity contribution in [2.75, 3.05) is 13.7 Å². The van der Waals surface area contributed by atoms with Crippen molar-refractivity contribution >= 4 is 29.9 Å². The molecule has 26 heavy (non-hydrogen) atoms. The number of hydrogen-bond donors (Lipinski definition) is 2. The first-order chi connectivity index (χ1) is 12.2. The number of halogens is 1. The summed E-state index contributed by atoms with van der Waals surface area (Å²) in [5.41, 5.74) is 2.34. The number of nitrogens with one attached hydrogen (secondary N) is 2. The van der Waals surface area contributed by atoms with E-state index in [1.807, 2.05) is 11.6 Å². The van der Waals surface area contributed by atoms with E-state index in [4.69, 9.17) is 4.74 Å². The fraction of sp³-hybridized carbons (Fsp3) is 0.500. The van der Waals surface area contributed by atoms with E-state index in [0.717, 1.165) is 35.6 Å². The minimum atomic E-state index is 0. The molecular weight excluding hydrogens is 443 g/mol. The van der Waals surface area contributed by atoms with E-state index in [1.54, 1.807) is 13.4 Å². The molecule has 1 aromatic heterocycles. The highest BCUT2D eigenvalue weighted by molar-refractivity contribution is 14.0. The Bertz CT molecular complexity index is 741. The first-order valence-corrected chi connectivity index (χ1v) is 8.65. The summed E-state index contributed by atoms with van der Waals surface area (Å²) >= 11 is 0. The number of aryl methyl sites for hydroxylation is 2. The molecule has 3 rings (SSSR count). The van der Waals surface area contributed by atoms with Crippen LogP contribution in [-0.2, 0) is 20.1 Å². The lowest BCUT2D eigenvalue weighted by atomic mass is 10.1. The summed E-state index contributed by atoms with van der Waals surface area (Å²) in [7, 11) is 3.68. The summed E-state index contributed by atoms with van der Waals surface area (Å²) in [4.78, 5) is 4.26. The van der Waals surface area contributed by atoms with Gasteiger partial charge in [-0.25, -0.2) is 0 Å². The number of aliphatic imine (C=N–C) groups is 1. The van der Waals surface area contributed by atoms with Crippen molar-refractivity contribution in [3.8, 4) is 5.75 Å². The lowest BCUT2D eigenvalue weighted by molar-refractivity contribution is 0.296. The summed E-state index contributed by atoms with van der Waals surface area (Å²) in [5, 5.41) is 14.5. The Morgan fingerprint density at radius 3 is 2.73 bits per heavy atom. The molecule has 7 nitrogen and oxygen atoms in total. The monoisotopic (exact) mass is 470 g/mol. The Hall–Kier alpha value is -1.84. The molecule has 1 heterocycles. The zero-order valence-corrected chi connectivity index (χ0v) is 17.9. The third-order valence-corrected chi connectivity index (χ3v) is 4.28. The number of nitrogens with zero attached hydrogens (tertiary/aromatic N) is 4. The number of guanidine groups is 1. The maximum atomic E-state index is 6.02. The fourth-order valence-corrected chi connectivity index (χ4v) is 2.46. The van der Waals surface area contributed by atoms with Crippen molar-refractivity contribution in [3.63, 3.8) is 0 Å². The molecule has 1 saturated carbocycles. The van der Waals surface area contributed by atoms with Crippen LogP contribution in [0.4, 0.5) is 0 Å². The first kappa shape index (κ1) is 20.5. The van der Waals surface area contributed by atoms with Crippen molar-refractivity contribution in [1.82, 2.24) is 25.4 Å². The predicted molar refractivity (Wildman–Crippen MR) is 113 cm³/mol. The SMILES string of the molecule is CN=C(NCc1ccc(C)cc1OCC1CC1)NCc1nncn1C.I. The zero-order valence-electron chi connectivity index (χ0n) is 15.5. The van der Waals surface area contributed by atoms with Crippen molar-refractivity contribution in [2.24, 2.45) is 18.0 Å². The summed E-state index contributed by atoms with van der Waals surface area (Å²) in [6.07, 6.45) is 4.26. The molecule has 0 amide bonds. The van der Waals surface area contributed by atoms with Gasteiger partial charge in [-0.2, -0.15) is 0 Å². The van der Waals surface area contributed by atoms with Gasteiger partial charge in [0, 0.05) is 26.2 Å². The highest BCUT2D eigenvalue weighted by atomic mass is 127. The topological polar surface area (TPSA) is 76.4 Å². The molecule has 8 heteroatoms. The summed E-state index contributed by atoms with van der Waals surface area (Å²) in [6.45, 7) is 4.12. The highest BCUT2D eigenvalue weighted by Gasteiger charge is 2.22. The standard InChI is InChI=1S/C18H26N6O.HI/c1-13-4-7-15(16(8-13)25-11-14-5-6-14)9-20-18(19-2)21-10-17-23-22-12-24(17)3;/h4,7-8,12,14H,5-6,9-11H2,1-3H3,(H2,19,20,21);1H. The maximum Gasteiger partial charge on any atom is 0.191 e. The molecule has 0 spiro atoms. The van der Waals surface area contributed by atoms with Crippen LogP contribution < -0.4 is 15.4 Å². The van der Waals surface area contributed by atoms with Gasteiger partial charge in [-0.1, -0.05) is 12.1 Å². The number of rotatable bonds is 7. The summed E-state index contributed by atoms with van der Waals surface area (Å²) in [5.74, 6) is 3.27. The molecule has 0 aliphatic heterocycles. The maximum absolute atomic E-state index is 6.02. The molecule has 1 fully saturated rings. The molecule has 2 aromatic rings. The molecule has 1 aliphatic carbocycles. The molecule has 0 unspecified atom stereocenters. The molecule has 0 saturated heterocycles. The van der Waals surface area contributed by atoms with Crippen LogP contribution in [0.15, 0.2) is 29.5 Å². The van der Waals surface area contributed by atoms with Crippen LogP contribution in [0.25, 0.3) is 0 Å². The third kappa shape index (κ3) is 5.86. The van der Waals surface area contributed by atoms with E-state index in [9.17, 15) is 0 Å². The minimum absolute atomic E-state index is 0. The molecule has 1 aromatic carbocycles. The zero-order chi connectivity index (χ0) is 17.6. The quantitative estimate of drug-likeness (QED) is 0.369. The molecule has 1 aliphatic rings. The van der Waals surface area contributed by atoms with Crippen LogP contribution in [0.1, 0.15) is 29.8 Å². The second-order valence-electron chi connectivity index (χ2n) is 6.50. The third-order valence-electron chi connectivity index (χ3n) is 4.28. The van der Waals surface area contributed by atoms with Crippen molar-refractivity contribution in [1.29, 1.82) is 0 Å². The van der Waals surface area contributed by atoms with Crippen LogP contribution >= 0.6 is 24.0 Å². The Morgan fingerprint density at radius 2 is 2.08 bits per heavy atom. The van der Waals surface area contributed by atoms with E-state index in [1.165, 1.54) is 18.4 Å². The van der Waals surface area contributed by atoms with Gasteiger partial charge in [-0.05, 0) is 37.3 Å². The van der Waals surface area contributed by atoms with Crippen LogP contribution in [0.2, 0.25) is 0 Å². The average molecular weight is 470 g/mol. The molecule has 0 atom stereocenters. The Balaban J connectivity index is 0.00000243. The first-order valence-electron chi connectivity index (χ1n) is 8.65. The van der Waals surface area contributed by atoms with Crippen LogP contribution in [0.5, 0.6) is 5.75 Å². The van der Waals surface area contributed by atoms with Crippen molar-refractivity contribution in [3.05, 3.63) is 41.5 Å². The van der Waals surface area contributed by atoms with E-state index >= 15 is 0 Å². The second kappa shape index (κ2) is 9.75.